The lowest BCUT2D eigenvalue weighted by atomic mass is 10.2. The van der Waals surface area contributed by atoms with Gasteiger partial charge in [-0.15, -0.1) is 11.3 Å². The number of benzene rings is 1. The summed E-state index contributed by atoms with van der Waals surface area (Å²) in [5.41, 5.74) is 1.19. The Balaban J connectivity index is 1.94. The van der Waals surface area contributed by atoms with Gasteiger partial charge >= 0.3 is 0 Å². The van der Waals surface area contributed by atoms with Crippen molar-refractivity contribution in [1.29, 1.82) is 0 Å². The number of carbonyl (C=O) groups excluding carboxylic acids is 1. The van der Waals surface area contributed by atoms with Crippen LogP contribution in [0.2, 0.25) is 0 Å². The SMILES string of the molecule is CN(CC(=O)c1ccc(Br)s1)Cc1cccc(Br)c1. The predicted octanol–water partition coefficient (Wildman–Crippen LogP) is 4.59. The van der Waals surface area contributed by atoms with Crippen LogP contribution in [0, 0.1) is 0 Å². The lowest BCUT2D eigenvalue weighted by Gasteiger charge is -2.15. The third-order valence-corrected chi connectivity index (χ3v) is 4.76. The van der Waals surface area contributed by atoms with E-state index in [9.17, 15) is 4.79 Å². The van der Waals surface area contributed by atoms with E-state index in [1.54, 1.807) is 0 Å². The highest BCUT2D eigenvalue weighted by Gasteiger charge is 2.11. The minimum atomic E-state index is 0.160. The highest BCUT2D eigenvalue weighted by molar-refractivity contribution is 9.11. The molecule has 2 rings (SSSR count). The number of Topliss-reactive ketones (excluding diaryl/α,β-unsaturated/α-hetero) is 1. The summed E-state index contributed by atoms with van der Waals surface area (Å²) < 4.78 is 2.05. The summed E-state index contributed by atoms with van der Waals surface area (Å²) >= 11 is 8.31. The lowest BCUT2D eigenvalue weighted by Crippen LogP contribution is -2.25. The highest BCUT2D eigenvalue weighted by Crippen LogP contribution is 2.22. The summed E-state index contributed by atoms with van der Waals surface area (Å²) in [5.74, 6) is 0.160. The van der Waals surface area contributed by atoms with Crippen molar-refractivity contribution in [3.8, 4) is 0 Å². The Labute approximate surface area is 133 Å². The summed E-state index contributed by atoms with van der Waals surface area (Å²) in [6.07, 6.45) is 0. The average molecular weight is 403 g/mol. The van der Waals surface area contributed by atoms with Gasteiger partial charge in [0, 0.05) is 11.0 Å². The van der Waals surface area contributed by atoms with E-state index in [1.165, 1.54) is 16.9 Å². The minimum Gasteiger partial charge on any atom is -0.295 e. The maximum Gasteiger partial charge on any atom is 0.186 e. The Morgan fingerprint density at radius 1 is 1.26 bits per heavy atom. The molecule has 0 amide bonds. The number of hydrogen-bond acceptors (Lipinski definition) is 3. The van der Waals surface area contributed by atoms with Crippen LogP contribution in [0.1, 0.15) is 15.2 Å². The molecule has 1 heterocycles. The number of rotatable bonds is 5. The zero-order chi connectivity index (χ0) is 13.8. The van der Waals surface area contributed by atoms with Crippen LogP contribution in [0.25, 0.3) is 0 Å². The molecule has 0 radical (unpaired) electrons. The molecule has 5 heteroatoms. The Morgan fingerprint density at radius 2 is 2.05 bits per heavy atom. The van der Waals surface area contributed by atoms with Crippen molar-refractivity contribution in [2.45, 2.75) is 6.54 Å². The molecule has 19 heavy (non-hydrogen) atoms. The van der Waals surface area contributed by atoms with Gasteiger partial charge in [0.05, 0.1) is 15.2 Å². The molecule has 0 aliphatic carbocycles. The first-order valence-electron chi connectivity index (χ1n) is 5.76. The van der Waals surface area contributed by atoms with Crippen LogP contribution < -0.4 is 0 Å². The number of nitrogens with zero attached hydrogens (tertiary/aromatic N) is 1. The molecule has 0 aliphatic rings. The molecule has 0 bridgehead atoms. The summed E-state index contributed by atoms with van der Waals surface area (Å²) in [6, 6.07) is 11.9. The third kappa shape index (κ3) is 4.53. The van der Waals surface area contributed by atoms with Gasteiger partial charge in [0.25, 0.3) is 0 Å². The topological polar surface area (TPSA) is 20.3 Å². The number of ketones is 1. The first-order chi connectivity index (χ1) is 9.04. The Morgan fingerprint density at radius 3 is 2.68 bits per heavy atom. The fourth-order valence-corrected chi connectivity index (χ4v) is 3.55. The second kappa shape index (κ2) is 6.79. The van der Waals surface area contributed by atoms with Crippen LogP contribution in [0.15, 0.2) is 44.7 Å². The highest BCUT2D eigenvalue weighted by atomic mass is 79.9. The average Bonchev–Trinajstić information content (AvgIpc) is 2.75. The molecule has 0 fully saturated rings. The molecule has 0 saturated carbocycles. The first kappa shape index (κ1) is 14.9. The van der Waals surface area contributed by atoms with E-state index in [0.717, 1.165) is 19.7 Å². The lowest BCUT2D eigenvalue weighted by molar-refractivity contribution is 0.0947. The molecule has 2 nitrogen and oxygen atoms in total. The van der Waals surface area contributed by atoms with E-state index in [4.69, 9.17) is 0 Å². The van der Waals surface area contributed by atoms with Crippen LogP contribution in [-0.4, -0.2) is 24.3 Å². The molecule has 0 N–H and O–H groups in total. The summed E-state index contributed by atoms with van der Waals surface area (Å²) in [4.78, 5) is 14.9. The molecule has 2 aromatic rings. The maximum atomic E-state index is 12.1. The van der Waals surface area contributed by atoms with Gasteiger partial charge in [-0.3, -0.25) is 9.69 Å². The molecule has 100 valence electrons. The molecule has 1 aromatic carbocycles. The Kier molecular flexibility index (Phi) is 5.33. The second-order valence-electron chi connectivity index (χ2n) is 4.33. The number of likely N-dealkylation sites (N-methyl/N-ethyl adjacent to an activating group) is 1. The normalized spacial score (nSPS) is 10.9. The van der Waals surface area contributed by atoms with Crippen LogP contribution in [0.5, 0.6) is 0 Å². The molecular weight excluding hydrogens is 390 g/mol. The second-order valence-corrected chi connectivity index (χ2v) is 7.71. The summed E-state index contributed by atoms with van der Waals surface area (Å²) in [7, 11) is 1.96. The summed E-state index contributed by atoms with van der Waals surface area (Å²) in [5, 5.41) is 0. The molecule has 0 atom stereocenters. The fourth-order valence-electron chi connectivity index (χ4n) is 1.79. The van der Waals surface area contributed by atoms with Crippen molar-refractivity contribution in [2.75, 3.05) is 13.6 Å². The van der Waals surface area contributed by atoms with Crippen LogP contribution >= 0.6 is 43.2 Å². The largest absolute Gasteiger partial charge is 0.295 e. The first-order valence-corrected chi connectivity index (χ1v) is 8.16. The van der Waals surface area contributed by atoms with Gasteiger partial charge < -0.3 is 0 Å². The molecule has 0 spiro atoms. The Hall–Kier alpha value is -0.490. The maximum absolute atomic E-state index is 12.1. The smallest absolute Gasteiger partial charge is 0.186 e. The zero-order valence-electron chi connectivity index (χ0n) is 10.4. The van der Waals surface area contributed by atoms with E-state index < -0.39 is 0 Å². The van der Waals surface area contributed by atoms with Crippen molar-refractivity contribution in [2.24, 2.45) is 0 Å². The van der Waals surface area contributed by atoms with E-state index in [2.05, 4.69) is 44.0 Å². The van der Waals surface area contributed by atoms with Gasteiger partial charge in [-0.2, -0.15) is 0 Å². The van der Waals surface area contributed by atoms with Crippen LogP contribution in [0.3, 0.4) is 0 Å². The van der Waals surface area contributed by atoms with Crippen LogP contribution in [-0.2, 0) is 6.54 Å². The van der Waals surface area contributed by atoms with Gasteiger partial charge in [0.1, 0.15) is 0 Å². The number of halogens is 2. The number of hydrogen-bond donors (Lipinski definition) is 0. The van der Waals surface area contributed by atoms with Crippen molar-refractivity contribution in [1.82, 2.24) is 4.90 Å². The van der Waals surface area contributed by atoms with E-state index in [-0.39, 0.29) is 5.78 Å². The van der Waals surface area contributed by atoms with Gasteiger partial charge in [0.2, 0.25) is 0 Å². The standard InChI is InChI=1S/C14H13Br2NOS/c1-17(8-10-3-2-4-11(15)7-10)9-12(18)13-5-6-14(16)19-13/h2-7H,8-9H2,1H3. The van der Waals surface area contributed by atoms with E-state index in [0.29, 0.717) is 6.54 Å². The third-order valence-electron chi connectivity index (χ3n) is 2.60. The van der Waals surface area contributed by atoms with Crippen LogP contribution in [0.4, 0.5) is 0 Å². The fraction of sp³-hybridized carbons (Fsp3) is 0.214. The molecule has 0 unspecified atom stereocenters. The van der Waals surface area contributed by atoms with Crippen molar-refractivity contribution in [3.63, 3.8) is 0 Å². The summed E-state index contributed by atoms with van der Waals surface area (Å²) in [6.45, 7) is 1.19. The van der Waals surface area contributed by atoms with E-state index >= 15 is 0 Å². The molecular formula is C14H13Br2NOS. The Bertz CT molecular complexity index is 582. The monoisotopic (exact) mass is 401 g/mol. The van der Waals surface area contributed by atoms with Crippen molar-refractivity contribution < 1.29 is 4.79 Å². The van der Waals surface area contributed by atoms with Gasteiger partial charge in [-0.05, 0) is 52.8 Å². The zero-order valence-corrected chi connectivity index (χ0v) is 14.4. The molecule has 0 aliphatic heterocycles. The van der Waals surface area contributed by atoms with Gasteiger partial charge in [0.15, 0.2) is 5.78 Å². The van der Waals surface area contributed by atoms with Crippen molar-refractivity contribution >= 4 is 49.0 Å². The predicted molar refractivity (Wildman–Crippen MR) is 86.8 cm³/mol. The molecule has 0 saturated heterocycles. The molecule has 1 aromatic heterocycles. The van der Waals surface area contributed by atoms with Gasteiger partial charge in [-0.1, -0.05) is 28.1 Å². The van der Waals surface area contributed by atoms with Gasteiger partial charge in [-0.25, -0.2) is 0 Å². The van der Waals surface area contributed by atoms with Crippen molar-refractivity contribution in [3.05, 3.63) is 55.1 Å². The minimum absolute atomic E-state index is 0.160. The quantitative estimate of drug-likeness (QED) is 0.681. The number of thiophene rings is 1. The van der Waals surface area contributed by atoms with E-state index in [1.807, 2.05) is 36.2 Å². The number of carbonyl (C=O) groups is 1.